The zero-order chi connectivity index (χ0) is 8.04. The third kappa shape index (κ3) is 4.36. The largest absolute Gasteiger partial charge is 0.311 e. The Kier molecular flexibility index (Phi) is 4.08. The highest BCUT2D eigenvalue weighted by atomic mass is 15.3. The van der Waals surface area contributed by atoms with Crippen molar-refractivity contribution >= 4 is 6.72 Å². The molecule has 0 amide bonds. The van der Waals surface area contributed by atoms with Crippen LogP contribution in [0, 0.1) is 5.41 Å². The van der Waals surface area contributed by atoms with Crippen LogP contribution in [-0.2, 0) is 0 Å². The molecule has 0 aliphatic carbocycles. The van der Waals surface area contributed by atoms with Gasteiger partial charge in [0.25, 0.3) is 0 Å². The molecule has 0 atom stereocenters. The van der Waals surface area contributed by atoms with Crippen LogP contribution < -0.4 is 5.43 Å². The summed E-state index contributed by atoms with van der Waals surface area (Å²) in [6, 6.07) is 0. The average molecular weight is 142 g/mol. The van der Waals surface area contributed by atoms with Crippen LogP contribution in [0.4, 0.5) is 0 Å². The van der Waals surface area contributed by atoms with Gasteiger partial charge in [-0.2, -0.15) is 5.10 Å². The summed E-state index contributed by atoms with van der Waals surface area (Å²) >= 11 is 0. The second kappa shape index (κ2) is 4.31. The number of nitrogens with one attached hydrogen (secondary N) is 1. The van der Waals surface area contributed by atoms with Gasteiger partial charge in [-0.3, -0.25) is 0 Å². The Bertz CT molecular complexity index is 97.4. The SMILES string of the molecule is C=NNCCC(C)(C)CC. The van der Waals surface area contributed by atoms with E-state index in [2.05, 4.69) is 38.0 Å². The van der Waals surface area contributed by atoms with Crippen LogP contribution in [0.2, 0.25) is 0 Å². The van der Waals surface area contributed by atoms with Gasteiger partial charge in [0.05, 0.1) is 0 Å². The first-order valence-electron chi connectivity index (χ1n) is 3.81. The van der Waals surface area contributed by atoms with Crippen molar-refractivity contribution in [1.82, 2.24) is 5.43 Å². The first kappa shape index (κ1) is 9.47. The second-order valence-electron chi connectivity index (χ2n) is 3.33. The Labute approximate surface area is 63.7 Å². The van der Waals surface area contributed by atoms with Gasteiger partial charge in [-0.1, -0.05) is 27.2 Å². The molecule has 0 bridgehead atoms. The molecule has 0 heterocycles. The van der Waals surface area contributed by atoms with E-state index in [-0.39, 0.29) is 0 Å². The number of hydrogen-bond donors (Lipinski definition) is 1. The average Bonchev–Trinajstić information content (AvgIpc) is 1.89. The second-order valence-corrected chi connectivity index (χ2v) is 3.33. The standard InChI is InChI=1S/C8H18N2/c1-5-8(2,3)6-7-10-9-4/h10H,4-7H2,1-3H3. The fourth-order valence-electron chi connectivity index (χ4n) is 0.650. The lowest BCUT2D eigenvalue weighted by atomic mass is 9.87. The monoisotopic (exact) mass is 142 g/mol. The van der Waals surface area contributed by atoms with Crippen LogP contribution in [0.3, 0.4) is 0 Å². The summed E-state index contributed by atoms with van der Waals surface area (Å²) in [5, 5.41) is 3.57. The Balaban J connectivity index is 3.36. The smallest absolute Gasteiger partial charge is 0.0334 e. The van der Waals surface area contributed by atoms with E-state index < -0.39 is 0 Å². The van der Waals surface area contributed by atoms with E-state index in [1.807, 2.05) is 0 Å². The van der Waals surface area contributed by atoms with Crippen LogP contribution in [0.1, 0.15) is 33.6 Å². The Morgan fingerprint density at radius 1 is 1.50 bits per heavy atom. The van der Waals surface area contributed by atoms with Crippen LogP contribution >= 0.6 is 0 Å². The molecule has 0 aromatic heterocycles. The lowest BCUT2D eigenvalue weighted by Gasteiger charge is -2.21. The molecular formula is C8H18N2. The first-order valence-corrected chi connectivity index (χ1v) is 3.81. The van der Waals surface area contributed by atoms with E-state index >= 15 is 0 Å². The van der Waals surface area contributed by atoms with Gasteiger partial charge in [-0.25, -0.2) is 0 Å². The van der Waals surface area contributed by atoms with Crippen molar-refractivity contribution in [1.29, 1.82) is 0 Å². The molecule has 0 unspecified atom stereocenters. The van der Waals surface area contributed by atoms with E-state index in [4.69, 9.17) is 0 Å². The van der Waals surface area contributed by atoms with Gasteiger partial charge in [0, 0.05) is 13.3 Å². The molecule has 2 nitrogen and oxygen atoms in total. The molecule has 0 saturated heterocycles. The highest BCUT2D eigenvalue weighted by Gasteiger charge is 2.13. The molecule has 0 aliphatic rings. The summed E-state index contributed by atoms with van der Waals surface area (Å²) in [4.78, 5) is 0. The third-order valence-electron chi connectivity index (χ3n) is 1.98. The zero-order valence-electron chi connectivity index (χ0n) is 7.28. The van der Waals surface area contributed by atoms with Gasteiger partial charge in [-0.15, -0.1) is 0 Å². The Morgan fingerprint density at radius 2 is 2.10 bits per heavy atom. The lowest BCUT2D eigenvalue weighted by molar-refractivity contribution is 0.317. The maximum Gasteiger partial charge on any atom is 0.0334 e. The molecule has 60 valence electrons. The quantitative estimate of drug-likeness (QED) is 0.354. The van der Waals surface area contributed by atoms with E-state index in [9.17, 15) is 0 Å². The van der Waals surface area contributed by atoms with Gasteiger partial charge in [0.1, 0.15) is 0 Å². The van der Waals surface area contributed by atoms with E-state index in [0.29, 0.717) is 5.41 Å². The Hall–Kier alpha value is -0.530. The molecule has 2 heteroatoms. The molecule has 0 aliphatic heterocycles. The van der Waals surface area contributed by atoms with E-state index in [0.717, 1.165) is 13.0 Å². The molecule has 0 fully saturated rings. The molecule has 0 saturated carbocycles. The summed E-state index contributed by atoms with van der Waals surface area (Å²) < 4.78 is 0. The van der Waals surface area contributed by atoms with Gasteiger partial charge >= 0.3 is 0 Å². The molecule has 0 rings (SSSR count). The predicted molar refractivity (Wildman–Crippen MR) is 46.2 cm³/mol. The van der Waals surface area contributed by atoms with Crippen molar-refractivity contribution in [3.63, 3.8) is 0 Å². The van der Waals surface area contributed by atoms with Crippen molar-refractivity contribution in [3.05, 3.63) is 0 Å². The molecule has 0 spiro atoms. The molecule has 0 aromatic rings. The predicted octanol–water partition coefficient (Wildman–Crippen LogP) is 2.02. The summed E-state index contributed by atoms with van der Waals surface area (Å²) in [7, 11) is 0. The number of hydrazone groups is 1. The maximum absolute atomic E-state index is 3.57. The van der Waals surface area contributed by atoms with Gasteiger partial charge in [-0.05, 0) is 11.8 Å². The summed E-state index contributed by atoms with van der Waals surface area (Å²) in [5.41, 5.74) is 3.29. The number of rotatable bonds is 5. The minimum Gasteiger partial charge on any atom is -0.311 e. The zero-order valence-corrected chi connectivity index (χ0v) is 7.28. The number of hydrogen-bond acceptors (Lipinski definition) is 2. The van der Waals surface area contributed by atoms with Crippen molar-refractivity contribution in [2.45, 2.75) is 33.6 Å². The molecule has 1 N–H and O–H groups in total. The third-order valence-corrected chi connectivity index (χ3v) is 1.98. The summed E-state index contributed by atoms with van der Waals surface area (Å²) in [6.45, 7) is 11.0. The van der Waals surface area contributed by atoms with Crippen LogP contribution in [0.25, 0.3) is 0 Å². The molecule has 0 aromatic carbocycles. The summed E-state index contributed by atoms with van der Waals surface area (Å²) in [6.07, 6.45) is 2.37. The van der Waals surface area contributed by atoms with E-state index in [1.165, 1.54) is 6.42 Å². The molecular weight excluding hydrogens is 124 g/mol. The highest BCUT2D eigenvalue weighted by molar-refractivity contribution is 5.22. The number of nitrogens with zero attached hydrogens (tertiary/aromatic N) is 1. The van der Waals surface area contributed by atoms with Crippen LogP contribution in [-0.4, -0.2) is 13.3 Å². The fourth-order valence-corrected chi connectivity index (χ4v) is 0.650. The van der Waals surface area contributed by atoms with Crippen LogP contribution in [0.15, 0.2) is 5.10 Å². The van der Waals surface area contributed by atoms with Crippen molar-refractivity contribution in [2.24, 2.45) is 10.5 Å². The van der Waals surface area contributed by atoms with Crippen molar-refractivity contribution < 1.29 is 0 Å². The maximum atomic E-state index is 3.57. The van der Waals surface area contributed by atoms with E-state index in [1.54, 1.807) is 0 Å². The molecule has 10 heavy (non-hydrogen) atoms. The minimum atomic E-state index is 0.442. The molecule has 0 radical (unpaired) electrons. The topological polar surface area (TPSA) is 24.4 Å². The first-order chi connectivity index (χ1) is 4.62. The van der Waals surface area contributed by atoms with Crippen molar-refractivity contribution in [3.8, 4) is 0 Å². The van der Waals surface area contributed by atoms with Gasteiger partial charge < -0.3 is 5.43 Å². The highest BCUT2D eigenvalue weighted by Crippen LogP contribution is 2.23. The minimum absolute atomic E-state index is 0.442. The Morgan fingerprint density at radius 3 is 2.50 bits per heavy atom. The fraction of sp³-hybridized carbons (Fsp3) is 0.875. The van der Waals surface area contributed by atoms with Gasteiger partial charge in [0.2, 0.25) is 0 Å². The lowest BCUT2D eigenvalue weighted by Crippen LogP contribution is -2.17. The van der Waals surface area contributed by atoms with Crippen LogP contribution in [0.5, 0.6) is 0 Å². The van der Waals surface area contributed by atoms with Crippen molar-refractivity contribution in [2.75, 3.05) is 6.54 Å². The summed E-state index contributed by atoms with van der Waals surface area (Å²) in [5.74, 6) is 0. The van der Waals surface area contributed by atoms with Gasteiger partial charge in [0.15, 0.2) is 0 Å². The normalized spacial score (nSPS) is 11.1.